The van der Waals surface area contributed by atoms with Gasteiger partial charge in [0.05, 0.1) is 0 Å². The molecule has 0 bridgehead atoms. The summed E-state index contributed by atoms with van der Waals surface area (Å²) in [6, 6.07) is 0.683. The smallest absolute Gasteiger partial charge is 0.223 e. The summed E-state index contributed by atoms with van der Waals surface area (Å²) in [5, 5.41) is 3.05. The minimum absolute atomic E-state index is 0.258. The lowest BCUT2D eigenvalue weighted by molar-refractivity contribution is -0.122. The van der Waals surface area contributed by atoms with Gasteiger partial charge in [-0.15, -0.1) is 0 Å². The molecule has 0 saturated heterocycles. The number of nitrogens with one attached hydrogen (secondary N) is 1. The molecule has 0 aromatic rings. The van der Waals surface area contributed by atoms with Gasteiger partial charge in [-0.2, -0.15) is 0 Å². The van der Waals surface area contributed by atoms with Crippen molar-refractivity contribution in [2.75, 3.05) is 0 Å². The zero-order valence-electron chi connectivity index (χ0n) is 7.25. The zero-order valence-corrected chi connectivity index (χ0v) is 7.25. The fourth-order valence-corrected chi connectivity index (χ4v) is 1.81. The average Bonchev–Trinajstić information content (AvgIpc) is 2.78. The van der Waals surface area contributed by atoms with E-state index in [-0.39, 0.29) is 5.91 Å². The van der Waals surface area contributed by atoms with Gasteiger partial charge >= 0.3 is 0 Å². The van der Waals surface area contributed by atoms with E-state index >= 15 is 0 Å². The fourth-order valence-electron chi connectivity index (χ4n) is 1.81. The van der Waals surface area contributed by atoms with E-state index in [4.69, 9.17) is 5.73 Å². The highest BCUT2D eigenvalue weighted by Crippen LogP contribution is 2.29. The van der Waals surface area contributed by atoms with Crippen molar-refractivity contribution < 1.29 is 4.79 Å². The highest BCUT2D eigenvalue weighted by molar-refractivity contribution is 5.81. The third kappa shape index (κ3) is 1.78. The SMILES string of the molecule is N[C@H]1CC[C@@H](NC(=O)C2CC2)C1. The first-order chi connectivity index (χ1) is 5.75. The predicted octanol–water partition coefficient (Wildman–Crippen LogP) is 0.392. The molecule has 2 fully saturated rings. The van der Waals surface area contributed by atoms with Crippen molar-refractivity contribution in [2.45, 2.75) is 44.2 Å². The van der Waals surface area contributed by atoms with Crippen LogP contribution < -0.4 is 11.1 Å². The molecular weight excluding hydrogens is 152 g/mol. The molecule has 0 aromatic heterocycles. The van der Waals surface area contributed by atoms with Gasteiger partial charge in [0.25, 0.3) is 0 Å². The predicted molar refractivity (Wildman–Crippen MR) is 46.5 cm³/mol. The van der Waals surface area contributed by atoms with E-state index in [0.29, 0.717) is 18.0 Å². The molecule has 2 aliphatic carbocycles. The number of carbonyl (C=O) groups excluding carboxylic acids is 1. The number of amides is 1. The summed E-state index contributed by atoms with van der Waals surface area (Å²) in [5.74, 6) is 0.593. The van der Waals surface area contributed by atoms with Gasteiger partial charge in [-0.3, -0.25) is 4.79 Å². The van der Waals surface area contributed by atoms with Crippen LogP contribution in [-0.4, -0.2) is 18.0 Å². The molecule has 2 saturated carbocycles. The van der Waals surface area contributed by atoms with Crippen molar-refractivity contribution in [1.82, 2.24) is 5.32 Å². The van der Waals surface area contributed by atoms with Crippen molar-refractivity contribution >= 4 is 5.91 Å². The molecule has 12 heavy (non-hydrogen) atoms. The zero-order chi connectivity index (χ0) is 8.55. The van der Waals surface area contributed by atoms with Crippen molar-refractivity contribution in [2.24, 2.45) is 11.7 Å². The Kier molecular flexibility index (Phi) is 2.05. The first-order valence-corrected chi connectivity index (χ1v) is 4.81. The van der Waals surface area contributed by atoms with Crippen LogP contribution in [0.2, 0.25) is 0 Å². The van der Waals surface area contributed by atoms with E-state index in [9.17, 15) is 4.79 Å². The Morgan fingerprint density at radius 2 is 2.00 bits per heavy atom. The summed E-state index contributed by atoms with van der Waals surface area (Å²) in [6.07, 6.45) is 5.28. The van der Waals surface area contributed by atoms with Gasteiger partial charge in [-0.1, -0.05) is 0 Å². The number of carbonyl (C=O) groups is 1. The molecule has 0 unspecified atom stereocenters. The monoisotopic (exact) mass is 168 g/mol. The highest BCUT2D eigenvalue weighted by Gasteiger charge is 2.32. The third-order valence-corrected chi connectivity index (χ3v) is 2.77. The minimum atomic E-state index is 0.258. The lowest BCUT2D eigenvalue weighted by Gasteiger charge is -2.11. The van der Waals surface area contributed by atoms with Gasteiger partial charge in [-0.25, -0.2) is 0 Å². The van der Waals surface area contributed by atoms with Crippen LogP contribution in [0.15, 0.2) is 0 Å². The Balaban J connectivity index is 1.75. The van der Waals surface area contributed by atoms with Crippen LogP contribution in [0.1, 0.15) is 32.1 Å². The van der Waals surface area contributed by atoms with Crippen LogP contribution in [-0.2, 0) is 4.79 Å². The largest absolute Gasteiger partial charge is 0.353 e. The van der Waals surface area contributed by atoms with Crippen LogP contribution in [0.5, 0.6) is 0 Å². The lowest BCUT2D eigenvalue weighted by atomic mass is 10.2. The summed E-state index contributed by atoms with van der Waals surface area (Å²) in [6.45, 7) is 0. The van der Waals surface area contributed by atoms with Gasteiger partial charge in [0.2, 0.25) is 5.91 Å². The molecule has 0 heterocycles. The van der Waals surface area contributed by atoms with Crippen molar-refractivity contribution in [3.05, 3.63) is 0 Å². The quantitative estimate of drug-likeness (QED) is 0.626. The molecule has 2 atom stereocenters. The summed E-state index contributed by atoms with van der Waals surface area (Å²) in [5.41, 5.74) is 5.74. The van der Waals surface area contributed by atoms with E-state index in [1.165, 1.54) is 0 Å². The van der Waals surface area contributed by atoms with E-state index in [0.717, 1.165) is 32.1 Å². The fraction of sp³-hybridized carbons (Fsp3) is 0.889. The second-order valence-electron chi connectivity index (χ2n) is 4.05. The maximum Gasteiger partial charge on any atom is 0.223 e. The molecule has 68 valence electrons. The van der Waals surface area contributed by atoms with Gasteiger partial charge in [0.15, 0.2) is 0 Å². The summed E-state index contributed by atoms with van der Waals surface area (Å²) in [7, 11) is 0. The number of nitrogens with two attached hydrogens (primary N) is 1. The highest BCUT2D eigenvalue weighted by atomic mass is 16.2. The Morgan fingerprint density at radius 1 is 1.25 bits per heavy atom. The molecule has 3 nitrogen and oxygen atoms in total. The topological polar surface area (TPSA) is 55.1 Å². The van der Waals surface area contributed by atoms with Gasteiger partial charge in [0, 0.05) is 18.0 Å². The number of rotatable bonds is 2. The normalized spacial score (nSPS) is 35.1. The minimum Gasteiger partial charge on any atom is -0.353 e. The Hall–Kier alpha value is -0.570. The second kappa shape index (κ2) is 3.05. The van der Waals surface area contributed by atoms with E-state index in [1.54, 1.807) is 0 Å². The molecule has 3 heteroatoms. The summed E-state index contributed by atoms with van der Waals surface area (Å²) >= 11 is 0. The number of hydrogen-bond acceptors (Lipinski definition) is 2. The third-order valence-electron chi connectivity index (χ3n) is 2.77. The molecule has 0 aromatic carbocycles. The summed E-state index contributed by atoms with van der Waals surface area (Å²) in [4.78, 5) is 11.3. The molecular formula is C9H16N2O. The molecule has 0 radical (unpaired) electrons. The second-order valence-corrected chi connectivity index (χ2v) is 4.05. The van der Waals surface area contributed by atoms with Crippen molar-refractivity contribution in [3.8, 4) is 0 Å². The molecule has 1 amide bonds. The van der Waals surface area contributed by atoms with Gasteiger partial charge < -0.3 is 11.1 Å². The number of hydrogen-bond donors (Lipinski definition) is 2. The van der Waals surface area contributed by atoms with Gasteiger partial charge in [-0.05, 0) is 32.1 Å². The van der Waals surface area contributed by atoms with Crippen LogP contribution >= 0.6 is 0 Å². The van der Waals surface area contributed by atoms with E-state index in [2.05, 4.69) is 5.32 Å². The summed E-state index contributed by atoms with van der Waals surface area (Å²) < 4.78 is 0. The molecule has 2 aliphatic rings. The lowest BCUT2D eigenvalue weighted by Crippen LogP contribution is -2.34. The first-order valence-electron chi connectivity index (χ1n) is 4.81. The van der Waals surface area contributed by atoms with Crippen molar-refractivity contribution in [1.29, 1.82) is 0 Å². The van der Waals surface area contributed by atoms with Gasteiger partial charge in [0.1, 0.15) is 0 Å². The molecule has 2 rings (SSSR count). The maximum atomic E-state index is 11.3. The van der Waals surface area contributed by atoms with E-state index < -0.39 is 0 Å². The van der Waals surface area contributed by atoms with Crippen LogP contribution in [0.4, 0.5) is 0 Å². The first kappa shape index (κ1) is 8.05. The Labute approximate surface area is 72.7 Å². The molecule has 0 spiro atoms. The Morgan fingerprint density at radius 3 is 2.50 bits per heavy atom. The Bertz CT molecular complexity index is 189. The van der Waals surface area contributed by atoms with Crippen molar-refractivity contribution in [3.63, 3.8) is 0 Å². The van der Waals surface area contributed by atoms with Crippen LogP contribution in [0.25, 0.3) is 0 Å². The molecule has 3 N–H and O–H groups in total. The maximum absolute atomic E-state index is 11.3. The standard InChI is InChI=1S/C9H16N2O/c10-7-3-4-8(5-7)11-9(12)6-1-2-6/h6-8H,1-5,10H2,(H,11,12)/t7-,8+/m0/s1. The van der Waals surface area contributed by atoms with Crippen LogP contribution in [0, 0.1) is 5.92 Å². The molecule has 0 aliphatic heterocycles. The van der Waals surface area contributed by atoms with Crippen LogP contribution in [0.3, 0.4) is 0 Å². The van der Waals surface area contributed by atoms with E-state index in [1.807, 2.05) is 0 Å². The average molecular weight is 168 g/mol.